The van der Waals surface area contributed by atoms with Gasteiger partial charge in [-0.15, -0.1) is 23.1 Å². The number of hydrogen-bond acceptors (Lipinski definition) is 4. The Morgan fingerprint density at radius 3 is 2.70 bits per heavy atom. The fourth-order valence-corrected chi connectivity index (χ4v) is 5.46. The van der Waals surface area contributed by atoms with Gasteiger partial charge in [-0.2, -0.15) is 0 Å². The van der Waals surface area contributed by atoms with Crippen LogP contribution in [0.5, 0.6) is 0 Å². The van der Waals surface area contributed by atoms with Crippen LogP contribution in [0, 0.1) is 0 Å². The number of hydrogen-bond donors (Lipinski definition) is 1. The molecule has 140 valence electrons. The quantitative estimate of drug-likeness (QED) is 0.565. The predicted molar refractivity (Wildman–Crippen MR) is 114 cm³/mol. The van der Waals surface area contributed by atoms with Crippen LogP contribution in [0.4, 0.5) is 0 Å². The average molecular weight is 398 g/mol. The Kier molecular flexibility index (Phi) is 5.53. The molecule has 4 rings (SSSR count). The molecule has 1 aromatic heterocycles. The molecule has 2 atom stereocenters. The molecule has 2 heterocycles. The number of nitrogens with zero attached hydrogens (tertiary/aromatic N) is 1. The first-order valence-electron chi connectivity index (χ1n) is 9.27. The number of thiophene rings is 1. The van der Waals surface area contributed by atoms with E-state index in [2.05, 4.69) is 65.1 Å². The third-order valence-electron chi connectivity index (χ3n) is 5.40. The molecule has 0 bridgehead atoms. The van der Waals surface area contributed by atoms with Crippen molar-refractivity contribution in [1.82, 2.24) is 4.90 Å². The molecule has 3 nitrogen and oxygen atoms in total. The molecule has 27 heavy (non-hydrogen) atoms. The number of carboxylic acids is 1. The Morgan fingerprint density at radius 1 is 1.19 bits per heavy atom. The van der Waals surface area contributed by atoms with Crippen LogP contribution in [0.2, 0.25) is 0 Å². The van der Waals surface area contributed by atoms with Crippen molar-refractivity contribution in [2.45, 2.75) is 36.2 Å². The average Bonchev–Trinajstić information content (AvgIpc) is 3.13. The fraction of sp³-hybridized carbons (Fsp3) is 0.318. The molecule has 1 saturated heterocycles. The van der Waals surface area contributed by atoms with Gasteiger partial charge < -0.3 is 5.11 Å². The van der Waals surface area contributed by atoms with E-state index in [1.165, 1.54) is 26.1 Å². The molecule has 1 aliphatic heterocycles. The van der Waals surface area contributed by atoms with Crippen LogP contribution in [-0.2, 0) is 4.79 Å². The first-order valence-corrected chi connectivity index (χ1v) is 11.4. The van der Waals surface area contributed by atoms with Gasteiger partial charge in [-0.25, -0.2) is 0 Å². The molecule has 3 aromatic rings. The first-order chi connectivity index (χ1) is 13.2. The fourth-order valence-electron chi connectivity index (χ4n) is 4.07. The van der Waals surface area contributed by atoms with E-state index < -0.39 is 12.0 Å². The summed E-state index contributed by atoms with van der Waals surface area (Å²) < 4.78 is 1.25. The zero-order valence-electron chi connectivity index (χ0n) is 15.3. The standard InChI is InChI=1S/C22H23NO2S2/c1-26-16-11-9-15(10-12-16)21(23-13-5-4-7-19(23)22(24)25)18-14-27-20-8-3-2-6-17(18)20/h2-3,6,8-12,14,19,21H,4-5,7,13H2,1H3,(H,24,25). The van der Waals surface area contributed by atoms with Gasteiger partial charge in [0.25, 0.3) is 0 Å². The normalized spacial score (nSPS) is 19.2. The third-order valence-corrected chi connectivity index (χ3v) is 7.12. The van der Waals surface area contributed by atoms with E-state index in [1.807, 2.05) is 0 Å². The highest BCUT2D eigenvalue weighted by Gasteiger charge is 2.36. The Labute approximate surface area is 168 Å². The van der Waals surface area contributed by atoms with E-state index in [4.69, 9.17) is 0 Å². The van der Waals surface area contributed by atoms with Crippen LogP contribution in [0.25, 0.3) is 10.1 Å². The smallest absolute Gasteiger partial charge is 0.320 e. The number of rotatable bonds is 5. The van der Waals surface area contributed by atoms with Crippen molar-refractivity contribution in [2.75, 3.05) is 12.8 Å². The molecular formula is C22H23NO2S2. The zero-order chi connectivity index (χ0) is 18.8. The molecule has 0 spiro atoms. The Morgan fingerprint density at radius 2 is 1.96 bits per heavy atom. The maximum atomic E-state index is 12.0. The van der Waals surface area contributed by atoms with Crippen LogP contribution in [0.3, 0.4) is 0 Å². The maximum absolute atomic E-state index is 12.0. The predicted octanol–water partition coefficient (Wildman–Crippen LogP) is 5.65. The first kappa shape index (κ1) is 18.5. The molecule has 0 amide bonds. The maximum Gasteiger partial charge on any atom is 0.320 e. The summed E-state index contributed by atoms with van der Waals surface area (Å²) in [7, 11) is 0. The number of aliphatic carboxylic acids is 1. The van der Waals surface area contributed by atoms with Crippen LogP contribution < -0.4 is 0 Å². The van der Waals surface area contributed by atoms with Gasteiger partial charge in [0.1, 0.15) is 6.04 Å². The molecule has 1 aliphatic rings. The Hall–Kier alpha value is -1.82. The molecule has 0 radical (unpaired) electrons. The highest BCUT2D eigenvalue weighted by Crippen LogP contribution is 2.40. The summed E-state index contributed by atoms with van der Waals surface area (Å²) in [5.74, 6) is -0.708. The Bertz CT molecular complexity index is 935. The Balaban J connectivity index is 1.85. The lowest BCUT2D eigenvalue weighted by Crippen LogP contribution is -2.46. The molecular weight excluding hydrogens is 374 g/mol. The van der Waals surface area contributed by atoms with E-state index in [1.54, 1.807) is 23.1 Å². The van der Waals surface area contributed by atoms with Crippen molar-refractivity contribution < 1.29 is 9.90 Å². The molecule has 5 heteroatoms. The zero-order valence-corrected chi connectivity index (χ0v) is 16.9. The van der Waals surface area contributed by atoms with Gasteiger partial charge in [-0.3, -0.25) is 9.69 Å². The summed E-state index contributed by atoms with van der Waals surface area (Å²) in [5.41, 5.74) is 2.39. The van der Waals surface area contributed by atoms with Crippen molar-refractivity contribution in [3.8, 4) is 0 Å². The number of benzene rings is 2. The van der Waals surface area contributed by atoms with E-state index in [-0.39, 0.29) is 6.04 Å². The van der Waals surface area contributed by atoms with Crippen LogP contribution >= 0.6 is 23.1 Å². The second-order valence-electron chi connectivity index (χ2n) is 6.95. The molecule has 1 N–H and O–H groups in total. The minimum Gasteiger partial charge on any atom is -0.480 e. The summed E-state index contributed by atoms with van der Waals surface area (Å²) in [6.45, 7) is 0.816. The van der Waals surface area contributed by atoms with E-state index in [9.17, 15) is 9.90 Å². The van der Waals surface area contributed by atoms with Gasteiger partial charge in [0.2, 0.25) is 0 Å². The highest BCUT2D eigenvalue weighted by atomic mass is 32.2. The highest BCUT2D eigenvalue weighted by molar-refractivity contribution is 7.98. The summed E-state index contributed by atoms with van der Waals surface area (Å²) >= 11 is 3.46. The number of carboxylic acid groups (broad SMARTS) is 1. The number of thioether (sulfide) groups is 1. The lowest BCUT2D eigenvalue weighted by atomic mass is 9.91. The van der Waals surface area contributed by atoms with Crippen LogP contribution in [0.15, 0.2) is 58.8 Å². The van der Waals surface area contributed by atoms with Crippen LogP contribution in [0.1, 0.15) is 36.4 Å². The molecule has 2 unspecified atom stereocenters. The molecule has 0 saturated carbocycles. The molecule has 1 fully saturated rings. The lowest BCUT2D eigenvalue weighted by Gasteiger charge is -2.39. The van der Waals surface area contributed by atoms with Gasteiger partial charge in [0.15, 0.2) is 0 Å². The second-order valence-corrected chi connectivity index (χ2v) is 8.74. The van der Waals surface area contributed by atoms with Gasteiger partial charge in [-0.1, -0.05) is 36.8 Å². The monoisotopic (exact) mass is 397 g/mol. The lowest BCUT2D eigenvalue weighted by molar-refractivity contribution is -0.145. The van der Waals surface area contributed by atoms with E-state index >= 15 is 0 Å². The number of likely N-dealkylation sites (tertiary alicyclic amines) is 1. The van der Waals surface area contributed by atoms with E-state index in [0.717, 1.165) is 25.8 Å². The number of fused-ring (bicyclic) bond motifs is 1. The molecule has 0 aliphatic carbocycles. The minimum atomic E-state index is -0.708. The summed E-state index contributed by atoms with van der Waals surface area (Å²) in [5, 5.41) is 13.3. The van der Waals surface area contributed by atoms with Crippen molar-refractivity contribution in [3.63, 3.8) is 0 Å². The largest absolute Gasteiger partial charge is 0.480 e. The van der Waals surface area contributed by atoms with Crippen LogP contribution in [-0.4, -0.2) is 34.8 Å². The summed E-state index contributed by atoms with van der Waals surface area (Å²) in [4.78, 5) is 15.4. The van der Waals surface area contributed by atoms with E-state index in [0.29, 0.717) is 0 Å². The summed E-state index contributed by atoms with van der Waals surface area (Å²) in [6, 6.07) is 16.6. The SMILES string of the molecule is CSc1ccc(C(c2csc3ccccc23)N2CCCCC2C(=O)O)cc1. The summed E-state index contributed by atoms with van der Waals surface area (Å²) in [6.07, 6.45) is 4.82. The van der Waals surface area contributed by atoms with Crippen molar-refractivity contribution in [1.29, 1.82) is 0 Å². The van der Waals surface area contributed by atoms with Crippen molar-refractivity contribution in [3.05, 3.63) is 65.0 Å². The van der Waals surface area contributed by atoms with Crippen molar-refractivity contribution >= 4 is 39.2 Å². The van der Waals surface area contributed by atoms with Crippen molar-refractivity contribution in [2.24, 2.45) is 0 Å². The number of carbonyl (C=O) groups is 1. The molecule has 2 aromatic carbocycles. The van der Waals surface area contributed by atoms with Gasteiger partial charge in [-0.05, 0) is 65.7 Å². The van der Waals surface area contributed by atoms with Gasteiger partial charge in [0.05, 0.1) is 6.04 Å². The third kappa shape index (κ3) is 3.64. The van der Waals surface area contributed by atoms with Gasteiger partial charge >= 0.3 is 5.97 Å². The second kappa shape index (κ2) is 8.05. The topological polar surface area (TPSA) is 40.5 Å². The number of piperidine rings is 1. The minimum absolute atomic E-state index is 0.0292. The van der Waals surface area contributed by atoms with Gasteiger partial charge in [0, 0.05) is 9.60 Å².